The van der Waals surface area contributed by atoms with E-state index in [1.165, 1.54) is 6.42 Å². The Kier molecular flexibility index (Phi) is 5.26. The summed E-state index contributed by atoms with van der Waals surface area (Å²) in [6.07, 6.45) is 3.58. The summed E-state index contributed by atoms with van der Waals surface area (Å²) in [5.41, 5.74) is 0. The smallest absolute Gasteiger partial charge is 0.0607 e. The maximum Gasteiger partial charge on any atom is 0.0607 e. The molecule has 96 valence electrons. The van der Waals surface area contributed by atoms with Gasteiger partial charge in [0.1, 0.15) is 0 Å². The molecule has 0 radical (unpaired) electrons. The predicted octanol–water partition coefficient (Wildman–Crippen LogP) is 3.23. The van der Waals surface area contributed by atoms with Crippen molar-refractivity contribution in [2.24, 2.45) is 17.8 Å². The van der Waals surface area contributed by atoms with Gasteiger partial charge < -0.3 is 9.84 Å². The first-order valence-corrected chi connectivity index (χ1v) is 6.77. The van der Waals surface area contributed by atoms with Crippen LogP contribution < -0.4 is 0 Å². The summed E-state index contributed by atoms with van der Waals surface area (Å²) in [7, 11) is 0. The first-order chi connectivity index (χ1) is 7.43. The zero-order chi connectivity index (χ0) is 12.3. The molecule has 1 aliphatic rings. The SMILES string of the molecule is CC(C)CCCC(O)C1C(C)OC(C)C1C. The van der Waals surface area contributed by atoms with Crippen molar-refractivity contribution in [1.29, 1.82) is 0 Å². The molecule has 0 bridgehead atoms. The molecule has 0 aromatic rings. The second-order valence-corrected chi connectivity index (χ2v) is 5.87. The number of rotatable bonds is 5. The summed E-state index contributed by atoms with van der Waals surface area (Å²) >= 11 is 0. The van der Waals surface area contributed by atoms with Crippen LogP contribution in [0.1, 0.15) is 53.9 Å². The van der Waals surface area contributed by atoms with E-state index < -0.39 is 0 Å². The van der Waals surface area contributed by atoms with E-state index in [9.17, 15) is 5.11 Å². The molecular formula is C14H28O2. The fraction of sp³-hybridized carbons (Fsp3) is 1.00. The van der Waals surface area contributed by atoms with Crippen molar-refractivity contribution in [2.45, 2.75) is 72.2 Å². The van der Waals surface area contributed by atoms with E-state index >= 15 is 0 Å². The summed E-state index contributed by atoms with van der Waals surface area (Å²) in [6, 6.07) is 0. The zero-order valence-electron chi connectivity index (χ0n) is 11.4. The third-order valence-electron chi connectivity index (χ3n) is 4.04. The lowest BCUT2D eigenvalue weighted by molar-refractivity contribution is 0.0201. The van der Waals surface area contributed by atoms with Crippen molar-refractivity contribution in [3.8, 4) is 0 Å². The summed E-state index contributed by atoms with van der Waals surface area (Å²) in [5, 5.41) is 10.2. The van der Waals surface area contributed by atoms with Gasteiger partial charge in [-0.3, -0.25) is 0 Å². The van der Waals surface area contributed by atoms with Crippen molar-refractivity contribution in [3.05, 3.63) is 0 Å². The van der Waals surface area contributed by atoms with E-state index in [4.69, 9.17) is 4.74 Å². The molecule has 2 heteroatoms. The maximum atomic E-state index is 10.2. The third kappa shape index (κ3) is 3.46. The highest BCUT2D eigenvalue weighted by Gasteiger charge is 2.40. The second kappa shape index (κ2) is 6.02. The minimum Gasteiger partial charge on any atom is -0.393 e. The molecule has 1 heterocycles. The Bertz CT molecular complexity index is 203. The van der Waals surface area contributed by atoms with Crippen molar-refractivity contribution in [3.63, 3.8) is 0 Å². The maximum absolute atomic E-state index is 10.2. The van der Waals surface area contributed by atoms with Crippen LogP contribution in [0.5, 0.6) is 0 Å². The van der Waals surface area contributed by atoms with Crippen molar-refractivity contribution < 1.29 is 9.84 Å². The molecule has 1 rings (SSSR count). The third-order valence-corrected chi connectivity index (χ3v) is 4.04. The Hall–Kier alpha value is -0.0800. The van der Waals surface area contributed by atoms with Gasteiger partial charge in [0, 0.05) is 5.92 Å². The van der Waals surface area contributed by atoms with E-state index in [1.807, 2.05) is 0 Å². The van der Waals surface area contributed by atoms with E-state index in [0.29, 0.717) is 17.9 Å². The monoisotopic (exact) mass is 228 g/mol. The second-order valence-electron chi connectivity index (χ2n) is 5.87. The lowest BCUT2D eigenvalue weighted by Gasteiger charge is -2.24. The molecule has 0 aromatic carbocycles. The van der Waals surface area contributed by atoms with E-state index in [1.54, 1.807) is 0 Å². The highest BCUT2D eigenvalue weighted by atomic mass is 16.5. The molecule has 1 N–H and O–H groups in total. The molecule has 1 fully saturated rings. The number of aliphatic hydroxyl groups excluding tert-OH is 1. The largest absolute Gasteiger partial charge is 0.393 e. The molecule has 1 saturated heterocycles. The number of hydrogen-bond acceptors (Lipinski definition) is 2. The molecule has 0 spiro atoms. The van der Waals surface area contributed by atoms with Gasteiger partial charge in [-0.1, -0.05) is 33.6 Å². The molecule has 1 aliphatic heterocycles. The molecule has 0 amide bonds. The van der Waals surface area contributed by atoms with Gasteiger partial charge in [0.15, 0.2) is 0 Å². The van der Waals surface area contributed by atoms with Gasteiger partial charge in [-0.2, -0.15) is 0 Å². The lowest BCUT2D eigenvalue weighted by Crippen LogP contribution is -2.30. The molecule has 0 aliphatic carbocycles. The van der Waals surface area contributed by atoms with E-state index in [0.717, 1.165) is 18.8 Å². The zero-order valence-corrected chi connectivity index (χ0v) is 11.4. The Morgan fingerprint density at radius 2 is 1.69 bits per heavy atom. The summed E-state index contributed by atoms with van der Waals surface area (Å²) in [4.78, 5) is 0. The summed E-state index contributed by atoms with van der Waals surface area (Å²) < 4.78 is 5.77. The summed E-state index contributed by atoms with van der Waals surface area (Å²) in [5.74, 6) is 1.53. The van der Waals surface area contributed by atoms with Gasteiger partial charge in [-0.25, -0.2) is 0 Å². The highest BCUT2D eigenvalue weighted by Crippen LogP contribution is 2.35. The molecular weight excluding hydrogens is 200 g/mol. The average Bonchev–Trinajstić information content (AvgIpc) is 2.40. The first kappa shape index (κ1) is 14.0. The quantitative estimate of drug-likeness (QED) is 0.783. The van der Waals surface area contributed by atoms with Crippen LogP contribution in [-0.4, -0.2) is 23.4 Å². The van der Waals surface area contributed by atoms with Gasteiger partial charge >= 0.3 is 0 Å². The number of aliphatic hydroxyl groups is 1. The van der Waals surface area contributed by atoms with Gasteiger partial charge in [-0.05, 0) is 32.1 Å². The van der Waals surface area contributed by atoms with Crippen molar-refractivity contribution in [2.75, 3.05) is 0 Å². The van der Waals surface area contributed by atoms with Crippen LogP contribution in [-0.2, 0) is 4.74 Å². The Labute approximate surface area is 100 Å². The molecule has 16 heavy (non-hydrogen) atoms. The average molecular weight is 228 g/mol. The van der Waals surface area contributed by atoms with Gasteiger partial charge in [-0.15, -0.1) is 0 Å². The van der Waals surface area contributed by atoms with Crippen LogP contribution in [0, 0.1) is 17.8 Å². The van der Waals surface area contributed by atoms with Crippen LogP contribution >= 0.6 is 0 Å². The van der Waals surface area contributed by atoms with Gasteiger partial charge in [0.25, 0.3) is 0 Å². The number of ether oxygens (including phenoxy) is 1. The first-order valence-electron chi connectivity index (χ1n) is 6.77. The predicted molar refractivity (Wildman–Crippen MR) is 67.4 cm³/mol. The van der Waals surface area contributed by atoms with Gasteiger partial charge in [0.05, 0.1) is 18.3 Å². The fourth-order valence-electron chi connectivity index (χ4n) is 2.88. The highest BCUT2D eigenvalue weighted by molar-refractivity contribution is 4.88. The van der Waals surface area contributed by atoms with Crippen LogP contribution in [0.3, 0.4) is 0 Å². The Balaban J connectivity index is 2.38. The normalized spacial score (nSPS) is 36.9. The fourth-order valence-corrected chi connectivity index (χ4v) is 2.88. The minimum atomic E-state index is -0.186. The Morgan fingerprint density at radius 3 is 2.12 bits per heavy atom. The van der Waals surface area contributed by atoms with Gasteiger partial charge in [0.2, 0.25) is 0 Å². The van der Waals surface area contributed by atoms with Crippen LogP contribution in [0.4, 0.5) is 0 Å². The molecule has 2 nitrogen and oxygen atoms in total. The minimum absolute atomic E-state index is 0.186. The van der Waals surface area contributed by atoms with Crippen molar-refractivity contribution in [1.82, 2.24) is 0 Å². The standard InChI is InChI=1S/C14H28O2/c1-9(2)7-6-8-13(15)14-10(3)11(4)16-12(14)5/h9-15H,6-8H2,1-5H3. The van der Waals surface area contributed by atoms with Crippen LogP contribution in [0.25, 0.3) is 0 Å². The lowest BCUT2D eigenvalue weighted by atomic mass is 9.83. The van der Waals surface area contributed by atoms with Crippen molar-refractivity contribution >= 4 is 0 Å². The van der Waals surface area contributed by atoms with E-state index in [2.05, 4.69) is 34.6 Å². The molecule has 0 saturated carbocycles. The van der Waals surface area contributed by atoms with Crippen LogP contribution in [0.15, 0.2) is 0 Å². The van der Waals surface area contributed by atoms with Crippen LogP contribution in [0.2, 0.25) is 0 Å². The molecule has 0 aromatic heterocycles. The topological polar surface area (TPSA) is 29.5 Å². The molecule has 5 unspecified atom stereocenters. The Morgan fingerprint density at radius 1 is 1.06 bits per heavy atom. The van der Waals surface area contributed by atoms with E-state index in [-0.39, 0.29) is 12.2 Å². The molecule has 5 atom stereocenters. The number of hydrogen-bond donors (Lipinski definition) is 1. The summed E-state index contributed by atoms with van der Waals surface area (Å²) in [6.45, 7) is 10.9.